The topological polar surface area (TPSA) is 70.2 Å². The monoisotopic (exact) mass is 315 g/mol. The van der Waals surface area contributed by atoms with Crippen molar-refractivity contribution in [2.75, 3.05) is 24.6 Å². The van der Waals surface area contributed by atoms with E-state index in [-0.39, 0.29) is 13.1 Å². The van der Waals surface area contributed by atoms with Gasteiger partial charge in [-0.2, -0.15) is 25.3 Å². The van der Waals surface area contributed by atoms with Crippen molar-refractivity contribution in [2.45, 2.75) is 25.4 Å². The fourth-order valence-electron chi connectivity index (χ4n) is 1.24. The molecule has 0 saturated heterocycles. The summed E-state index contributed by atoms with van der Waals surface area (Å²) in [5, 5.41) is 6.18. The van der Waals surface area contributed by atoms with Gasteiger partial charge in [0.05, 0.1) is 5.75 Å². The number of thiol groups is 2. The summed E-state index contributed by atoms with van der Waals surface area (Å²) in [4.78, 5) is 23.2. The molecule has 0 aliphatic heterocycles. The number of hydrogen-bond donors (Lipinski definition) is 5. The summed E-state index contributed by atoms with van der Waals surface area (Å²) in [6.45, 7) is 3.49. The Morgan fingerprint density at radius 2 is 1.53 bits per heavy atom. The van der Waals surface area contributed by atoms with E-state index in [0.717, 1.165) is 0 Å². The van der Waals surface area contributed by atoms with Gasteiger partial charge in [-0.15, -0.1) is 0 Å². The Bertz CT molecular complexity index is 336. The number of hydrogen-bond acceptors (Lipinski definition) is 5. The van der Waals surface area contributed by atoms with Crippen molar-refractivity contribution in [3.63, 3.8) is 0 Å². The highest BCUT2D eigenvalue weighted by atomic mass is 32.1. The number of likely N-dealkylation sites (N-methyl/N-ethyl adjacent to an activating group) is 2. The largest absolute Gasteiger partial charge is 0.352 e. The third-order valence-corrected chi connectivity index (χ3v) is 3.13. The maximum absolute atomic E-state index is 14.2. The lowest BCUT2D eigenvalue weighted by Gasteiger charge is -2.29. The highest BCUT2D eigenvalue weighted by Gasteiger charge is 2.45. The summed E-state index contributed by atoms with van der Waals surface area (Å²) in [5.74, 6) is -8.80. The van der Waals surface area contributed by atoms with Gasteiger partial charge in [0.25, 0.3) is 17.6 Å². The van der Waals surface area contributed by atoms with E-state index in [1.54, 1.807) is 19.2 Å². The molecule has 0 spiro atoms. The van der Waals surface area contributed by atoms with E-state index in [2.05, 4.69) is 35.9 Å². The van der Waals surface area contributed by atoms with Crippen LogP contribution in [0.25, 0.3) is 0 Å². The molecule has 0 unspecified atom stereocenters. The standard InChI is InChI=1S/C10H19F2N3O2S2/c1-3-13-7(16)10(12,6-19)15-8(17)9(11,5-18)14-4-2/h14,18-19H,3-6H2,1-2H3,(H,13,16)(H,15,17)/t9-,10-/m0/s1. The summed E-state index contributed by atoms with van der Waals surface area (Å²) in [7, 11) is 0. The third kappa shape index (κ3) is 4.81. The molecule has 0 bridgehead atoms. The molecular formula is C10H19F2N3O2S2. The van der Waals surface area contributed by atoms with Crippen LogP contribution in [0.4, 0.5) is 8.78 Å². The van der Waals surface area contributed by atoms with Gasteiger partial charge in [0.15, 0.2) is 0 Å². The molecule has 0 aliphatic rings. The zero-order valence-corrected chi connectivity index (χ0v) is 12.6. The molecule has 5 nitrogen and oxygen atoms in total. The molecule has 0 heterocycles. The minimum atomic E-state index is -2.77. The van der Waals surface area contributed by atoms with Gasteiger partial charge < -0.3 is 10.6 Å². The Balaban J connectivity index is 4.96. The Hall–Kier alpha value is -0.540. The van der Waals surface area contributed by atoms with Crippen molar-refractivity contribution in [3.05, 3.63) is 0 Å². The van der Waals surface area contributed by atoms with Crippen LogP contribution in [-0.4, -0.2) is 48.0 Å². The predicted octanol–water partition coefficient (Wildman–Crippen LogP) is 0.0394. The summed E-state index contributed by atoms with van der Waals surface area (Å²) in [6, 6.07) is 0. The molecule has 9 heteroatoms. The van der Waals surface area contributed by atoms with E-state index < -0.39 is 34.9 Å². The number of carbonyl (C=O) groups is 2. The first-order chi connectivity index (χ1) is 8.79. The van der Waals surface area contributed by atoms with E-state index in [4.69, 9.17) is 0 Å². The number of nitrogens with one attached hydrogen (secondary N) is 3. The Morgan fingerprint density at radius 1 is 1.00 bits per heavy atom. The summed E-state index contributed by atoms with van der Waals surface area (Å²) < 4.78 is 28.3. The maximum Gasteiger partial charge on any atom is 0.279 e. The van der Waals surface area contributed by atoms with E-state index in [9.17, 15) is 18.4 Å². The Labute approximate surface area is 122 Å². The first-order valence-electron chi connectivity index (χ1n) is 5.75. The Kier molecular flexibility index (Phi) is 7.68. The van der Waals surface area contributed by atoms with Gasteiger partial charge in [0.1, 0.15) is 0 Å². The van der Waals surface area contributed by atoms with Crippen LogP contribution in [0.2, 0.25) is 0 Å². The number of rotatable bonds is 8. The van der Waals surface area contributed by atoms with Crippen molar-refractivity contribution >= 4 is 37.1 Å². The third-order valence-electron chi connectivity index (χ3n) is 2.26. The normalized spacial score (nSPS) is 17.2. The summed E-state index contributed by atoms with van der Waals surface area (Å²) in [5.41, 5.74) is 0. The quantitative estimate of drug-likeness (QED) is 0.324. The molecule has 3 N–H and O–H groups in total. The molecule has 2 atom stereocenters. The van der Waals surface area contributed by atoms with Gasteiger partial charge in [-0.1, -0.05) is 6.92 Å². The van der Waals surface area contributed by atoms with E-state index in [0.29, 0.717) is 0 Å². The molecule has 0 aromatic rings. The minimum absolute atomic E-state index is 0.145. The number of carbonyl (C=O) groups excluding carboxylic acids is 2. The van der Waals surface area contributed by atoms with Crippen LogP contribution in [0.3, 0.4) is 0 Å². The first kappa shape index (κ1) is 18.5. The van der Waals surface area contributed by atoms with Crippen LogP contribution >= 0.6 is 25.3 Å². The van der Waals surface area contributed by atoms with Crippen LogP contribution in [0, 0.1) is 0 Å². The van der Waals surface area contributed by atoms with Gasteiger partial charge in [-0.05, 0) is 13.5 Å². The summed E-state index contributed by atoms with van der Waals surface area (Å²) in [6.07, 6.45) is 0. The second-order valence-corrected chi connectivity index (χ2v) is 4.39. The van der Waals surface area contributed by atoms with Crippen LogP contribution in [0.5, 0.6) is 0 Å². The number of alkyl halides is 2. The molecular weight excluding hydrogens is 296 g/mol. The fraction of sp³-hybridized carbons (Fsp3) is 0.800. The zero-order valence-electron chi connectivity index (χ0n) is 10.8. The minimum Gasteiger partial charge on any atom is -0.352 e. The second-order valence-electron chi connectivity index (χ2n) is 3.76. The van der Waals surface area contributed by atoms with Crippen LogP contribution in [0.15, 0.2) is 0 Å². The highest BCUT2D eigenvalue weighted by molar-refractivity contribution is 7.80. The highest BCUT2D eigenvalue weighted by Crippen LogP contribution is 2.15. The molecule has 2 amide bonds. The molecule has 0 radical (unpaired) electrons. The van der Waals surface area contributed by atoms with Crippen molar-refractivity contribution in [1.29, 1.82) is 0 Å². The van der Waals surface area contributed by atoms with Crippen molar-refractivity contribution < 1.29 is 18.4 Å². The molecule has 0 fully saturated rings. The second kappa shape index (κ2) is 7.91. The zero-order chi connectivity index (χ0) is 15.1. The van der Waals surface area contributed by atoms with Crippen molar-refractivity contribution in [2.24, 2.45) is 0 Å². The lowest BCUT2D eigenvalue weighted by Crippen LogP contribution is -2.64. The van der Waals surface area contributed by atoms with Gasteiger partial charge in [-0.3, -0.25) is 14.9 Å². The average molecular weight is 315 g/mol. The first-order valence-corrected chi connectivity index (χ1v) is 7.01. The van der Waals surface area contributed by atoms with Crippen LogP contribution in [0.1, 0.15) is 13.8 Å². The molecule has 0 aromatic carbocycles. The molecule has 112 valence electrons. The van der Waals surface area contributed by atoms with Gasteiger partial charge in [0.2, 0.25) is 5.79 Å². The molecule has 0 aliphatic carbocycles. The van der Waals surface area contributed by atoms with Crippen molar-refractivity contribution in [1.82, 2.24) is 16.0 Å². The smallest absolute Gasteiger partial charge is 0.279 e. The molecule has 19 heavy (non-hydrogen) atoms. The van der Waals surface area contributed by atoms with E-state index in [1.165, 1.54) is 0 Å². The molecule has 0 saturated carbocycles. The van der Waals surface area contributed by atoms with E-state index in [1.807, 2.05) is 0 Å². The van der Waals surface area contributed by atoms with Gasteiger partial charge >= 0.3 is 0 Å². The molecule has 0 aromatic heterocycles. The molecule has 0 rings (SSSR count). The van der Waals surface area contributed by atoms with E-state index >= 15 is 0 Å². The number of halogens is 2. The predicted molar refractivity (Wildman–Crippen MR) is 75.9 cm³/mol. The van der Waals surface area contributed by atoms with Gasteiger partial charge in [-0.25, -0.2) is 8.78 Å². The summed E-state index contributed by atoms with van der Waals surface area (Å²) >= 11 is 7.38. The lowest BCUT2D eigenvalue weighted by molar-refractivity contribution is -0.145. The average Bonchev–Trinajstić information content (AvgIpc) is 2.38. The fourth-order valence-corrected chi connectivity index (χ4v) is 1.71. The lowest BCUT2D eigenvalue weighted by atomic mass is 10.2. The van der Waals surface area contributed by atoms with Crippen molar-refractivity contribution in [3.8, 4) is 0 Å². The van der Waals surface area contributed by atoms with Gasteiger partial charge in [0, 0.05) is 12.3 Å². The van der Waals surface area contributed by atoms with Crippen LogP contribution in [-0.2, 0) is 9.59 Å². The maximum atomic E-state index is 14.2. The Morgan fingerprint density at radius 3 is 1.89 bits per heavy atom. The number of amides is 2. The van der Waals surface area contributed by atoms with Crippen LogP contribution < -0.4 is 16.0 Å². The SMILES string of the molecule is CCNC(=O)[C@](F)(CS)NC(=O)[C@](F)(CS)NCC.